The summed E-state index contributed by atoms with van der Waals surface area (Å²) in [4.78, 5) is 0. The van der Waals surface area contributed by atoms with Crippen molar-refractivity contribution in [2.75, 3.05) is 0 Å². The van der Waals surface area contributed by atoms with Crippen LogP contribution < -0.4 is 4.74 Å². The van der Waals surface area contributed by atoms with Crippen molar-refractivity contribution in [2.45, 2.75) is 39.9 Å². The standard InChI is InChI=1S/C15H20N2O2/c1-10(2)12-4-6-13(7-5-12)19-9-15-14(8-18)11(3)16-17-15/h4-7,10,18H,8-9H2,1-3H3,(H,16,17). The van der Waals surface area contributed by atoms with E-state index in [-0.39, 0.29) is 6.61 Å². The summed E-state index contributed by atoms with van der Waals surface area (Å²) in [6.45, 7) is 6.56. The number of aryl methyl sites for hydroxylation is 1. The number of aliphatic hydroxyl groups excluding tert-OH is 1. The number of nitrogens with one attached hydrogen (secondary N) is 1. The van der Waals surface area contributed by atoms with Gasteiger partial charge in [-0.05, 0) is 30.5 Å². The molecule has 1 heterocycles. The van der Waals surface area contributed by atoms with Gasteiger partial charge in [0.2, 0.25) is 0 Å². The fourth-order valence-corrected chi connectivity index (χ4v) is 1.93. The summed E-state index contributed by atoms with van der Waals surface area (Å²) in [6.07, 6.45) is 0. The van der Waals surface area contributed by atoms with Crippen molar-refractivity contribution < 1.29 is 9.84 Å². The van der Waals surface area contributed by atoms with Crippen molar-refractivity contribution in [2.24, 2.45) is 0 Å². The maximum absolute atomic E-state index is 9.27. The molecule has 0 aliphatic rings. The number of nitrogens with zero attached hydrogens (tertiary/aromatic N) is 1. The predicted octanol–water partition coefficient (Wildman–Crippen LogP) is 2.91. The zero-order chi connectivity index (χ0) is 13.8. The second-order valence-electron chi connectivity index (χ2n) is 4.94. The molecule has 0 spiro atoms. The van der Waals surface area contributed by atoms with Gasteiger partial charge in [-0.3, -0.25) is 5.10 Å². The fraction of sp³-hybridized carbons (Fsp3) is 0.400. The number of H-pyrrole nitrogens is 1. The highest BCUT2D eigenvalue weighted by Crippen LogP contribution is 2.20. The minimum absolute atomic E-state index is 0.0205. The van der Waals surface area contributed by atoms with Crippen LogP contribution in [0.5, 0.6) is 5.75 Å². The first-order chi connectivity index (χ1) is 9.11. The van der Waals surface area contributed by atoms with Crippen LogP contribution in [0.3, 0.4) is 0 Å². The Labute approximate surface area is 113 Å². The molecular formula is C15H20N2O2. The molecule has 2 rings (SSSR count). The first-order valence-corrected chi connectivity index (χ1v) is 6.48. The van der Waals surface area contributed by atoms with Crippen LogP contribution in [-0.4, -0.2) is 15.3 Å². The molecule has 0 atom stereocenters. The third-order valence-corrected chi connectivity index (χ3v) is 3.24. The number of aliphatic hydroxyl groups is 1. The van der Waals surface area contributed by atoms with E-state index in [4.69, 9.17) is 4.74 Å². The molecule has 2 aromatic rings. The van der Waals surface area contributed by atoms with E-state index >= 15 is 0 Å². The minimum Gasteiger partial charge on any atom is -0.487 e. The third-order valence-electron chi connectivity index (χ3n) is 3.24. The molecule has 2 N–H and O–H groups in total. The van der Waals surface area contributed by atoms with Gasteiger partial charge in [0.05, 0.1) is 6.61 Å². The first-order valence-electron chi connectivity index (χ1n) is 6.48. The molecule has 0 bridgehead atoms. The number of ether oxygens (including phenoxy) is 1. The van der Waals surface area contributed by atoms with E-state index in [2.05, 4.69) is 36.2 Å². The van der Waals surface area contributed by atoms with Gasteiger partial charge in [-0.25, -0.2) is 0 Å². The highest BCUT2D eigenvalue weighted by Gasteiger charge is 2.09. The summed E-state index contributed by atoms with van der Waals surface area (Å²) in [5.41, 5.74) is 3.75. The quantitative estimate of drug-likeness (QED) is 0.869. The van der Waals surface area contributed by atoms with Crippen LogP contribution in [0.2, 0.25) is 0 Å². The lowest BCUT2D eigenvalue weighted by molar-refractivity contribution is 0.267. The molecule has 0 unspecified atom stereocenters. The molecular weight excluding hydrogens is 240 g/mol. The molecule has 4 nitrogen and oxygen atoms in total. The van der Waals surface area contributed by atoms with Crippen LogP contribution in [0.4, 0.5) is 0 Å². The topological polar surface area (TPSA) is 58.1 Å². The van der Waals surface area contributed by atoms with Crippen LogP contribution in [0.15, 0.2) is 24.3 Å². The summed E-state index contributed by atoms with van der Waals surface area (Å²) in [7, 11) is 0. The van der Waals surface area contributed by atoms with Gasteiger partial charge >= 0.3 is 0 Å². The molecule has 19 heavy (non-hydrogen) atoms. The molecule has 0 saturated carbocycles. The van der Waals surface area contributed by atoms with Crippen molar-refractivity contribution in [1.29, 1.82) is 0 Å². The normalized spacial score (nSPS) is 11.0. The summed E-state index contributed by atoms with van der Waals surface area (Å²) in [5, 5.41) is 16.3. The zero-order valence-electron chi connectivity index (χ0n) is 11.6. The van der Waals surface area contributed by atoms with Gasteiger partial charge in [0, 0.05) is 11.3 Å². The average Bonchev–Trinajstić information content (AvgIpc) is 2.77. The molecule has 1 aromatic carbocycles. The largest absolute Gasteiger partial charge is 0.487 e. The van der Waals surface area contributed by atoms with E-state index in [1.807, 2.05) is 19.1 Å². The minimum atomic E-state index is -0.0205. The van der Waals surface area contributed by atoms with Crippen molar-refractivity contribution in [3.63, 3.8) is 0 Å². The smallest absolute Gasteiger partial charge is 0.132 e. The van der Waals surface area contributed by atoms with E-state index in [9.17, 15) is 5.11 Å². The van der Waals surface area contributed by atoms with Gasteiger partial charge < -0.3 is 9.84 Å². The van der Waals surface area contributed by atoms with Crippen LogP contribution in [-0.2, 0) is 13.2 Å². The van der Waals surface area contributed by atoms with Crippen molar-refractivity contribution in [3.05, 3.63) is 46.8 Å². The van der Waals surface area contributed by atoms with Crippen LogP contribution >= 0.6 is 0 Å². The summed E-state index contributed by atoms with van der Waals surface area (Å²) in [6, 6.07) is 8.08. The number of rotatable bonds is 5. The Hall–Kier alpha value is -1.81. The second kappa shape index (κ2) is 5.89. The molecule has 0 amide bonds. The maximum Gasteiger partial charge on any atom is 0.132 e. The Balaban J connectivity index is 2.02. The van der Waals surface area contributed by atoms with E-state index in [1.54, 1.807) is 0 Å². The lowest BCUT2D eigenvalue weighted by Crippen LogP contribution is -2.00. The monoisotopic (exact) mass is 260 g/mol. The van der Waals surface area contributed by atoms with Gasteiger partial charge in [0.1, 0.15) is 18.1 Å². The Bertz CT molecular complexity index is 530. The van der Waals surface area contributed by atoms with Gasteiger partial charge in [0.25, 0.3) is 0 Å². The molecule has 0 saturated heterocycles. The number of aromatic amines is 1. The van der Waals surface area contributed by atoms with E-state index in [0.29, 0.717) is 12.5 Å². The SMILES string of the molecule is Cc1[nH]nc(COc2ccc(C(C)C)cc2)c1CO. The Kier molecular flexibility index (Phi) is 4.22. The van der Waals surface area contributed by atoms with Gasteiger partial charge in [-0.1, -0.05) is 26.0 Å². The van der Waals surface area contributed by atoms with E-state index in [1.165, 1.54) is 5.56 Å². The lowest BCUT2D eigenvalue weighted by atomic mass is 10.0. The molecule has 1 aromatic heterocycles. The molecule has 0 fully saturated rings. The van der Waals surface area contributed by atoms with Gasteiger partial charge in [0.15, 0.2) is 0 Å². The molecule has 0 aliphatic carbocycles. The van der Waals surface area contributed by atoms with Gasteiger partial charge in [-0.15, -0.1) is 0 Å². The highest BCUT2D eigenvalue weighted by atomic mass is 16.5. The lowest BCUT2D eigenvalue weighted by Gasteiger charge is -2.08. The van der Waals surface area contributed by atoms with Gasteiger partial charge in [-0.2, -0.15) is 5.10 Å². The molecule has 0 radical (unpaired) electrons. The second-order valence-corrected chi connectivity index (χ2v) is 4.94. The van der Waals surface area contributed by atoms with Crippen LogP contribution in [0, 0.1) is 6.92 Å². The summed E-state index contributed by atoms with van der Waals surface area (Å²) in [5.74, 6) is 1.33. The molecule has 102 valence electrons. The predicted molar refractivity (Wildman–Crippen MR) is 74.1 cm³/mol. The Morgan fingerprint density at radius 3 is 2.53 bits per heavy atom. The molecule has 0 aliphatic heterocycles. The Morgan fingerprint density at radius 2 is 1.95 bits per heavy atom. The summed E-state index contributed by atoms with van der Waals surface area (Å²) < 4.78 is 5.69. The third kappa shape index (κ3) is 3.15. The zero-order valence-corrected chi connectivity index (χ0v) is 11.6. The Morgan fingerprint density at radius 1 is 1.26 bits per heavy atom. The number of hydrogen-bond donors (Lipinski definition) is 2. The average molecular weight is 260 g/mol. The molecule has 4 heteroatoms. The van der Waals surface area contributed by atoms with Crippen molar-refractivity contribution in [1.82, 2.24) is 10.2 Å². The number of benzene rings is 1. The fourth-order valence-electron chi connectivity index (χ4n) is 1.93. The van der Waals surface area contributed by atoms with Crippen molar-refractivity contribution in [3.8, 4) is 5.75 Å². The maximum atomic E-state index is 9.27. The van der Waals surface area contributed by atoms with E-state index < -0.39 is 0 Å². The first kappa shape index (κ1) is 13.6. The number of hydrogen-bond acceptors (Lipinski definition) is 3. The van der Waals surface area contributed by atoms with Crippen molar-refractivity contribution >= 4 is 0 Å². The summed E-state index contributed by atoms with van der Waals surface area (Å²) >= 11 is 0. The van der Waals surface area contributed by atoms with E-state index in [0.717, 1.165) is 22.7 Å². The van der Waals surface area contributed by atoms with Crippen LogP contribution in [0.1, 0.15) is 42.3 Å². The highest BCUT2D eigenvalue weighted by molar-refractivity contribution is 5.29. The number of aromatic nitrogens is 2. The van der Waals surface area contributed by atoms with Crippen LogP contribution in [0.25, 0.3) is 0 Å².